The Morgan fingerprint density at radius 3 is 2.43 bits per heavy atom. The van der Waals surface area contributed by atoms with E-state index < -0.39 is 24.1 Å². The van der Waals surface area contributed by atoms with Gasteiger partial charge in [0.1, 0.15) is 12.1 Å². The number of carbonyl (C=O) groups excluding carboxylic acids is 2. The minimum atomic E-state index is -5.85. The summed E-state index contributed by atoms with van der Waals surface area (Å²) in [4.78, 5) is 34.9. The number of aryl methyl sites for hydroxylation is 1. The average Bonchev–Trinajstić information content (AvgIpc) is 3.64. The van der Waals surface area contributed by atoms with Crippen LogP contribution in [0.3, 0.4) is 0 Å². The summed E-state index contributed by atoms with van der Waals surface area (Å²) in [6.07, 6.45) is -9.81. The Morgan fingerprint density at radius 2 is 1.76 bits per heavy atom. The van der Waals surface area contributed by atoms with Crippen molar-refractivity contribution in [1.29, 1.82) is 0 Å². The number of amidine groups is 1. The predicted molar refractivity (Wildman–Crippen MR) is 165 cm³/mol. The largest absolute Gasteiger partial charge is 0.499 e. The number of hydrazine groups is 1. The van der Waals surface area contributed by atoms with Gasteiger partial charge in [-0.25, -0.2) is 19.9 Å². The number of alkyl halides is 5. The molecule has 1 fully saturated rings. The number of carbonyl (C=O) groups is 2. The summed E-state index contributed by atoms with van der Waals surface area (Å²) < 4.78 is 69.4. The molecule has 46 heavy (non-hydrogen) atoms. The van der Waals surface area contributed by atoms with Crippen LogP contribution in [0.25, 0.3) is 17.1 Å². The second kappa shape index (κ2) is 13.2. The molecule has 1 unspecified atom stereocenters. The molecule has 1 aromatic heterocycles. The van der Waals surface area contributed by atoms with E-state index in [1.54, 1.807) is 30.3 Å². The third-order valence-corrected chi connectivity index (χ3v) is 8.02. The molecule has 3 amide bonds. The summed E-state index contributed by atoms with van der Waals surface area (Å²) in [6.45, 7) is 3.68. The lowest BCUT2D eigenvalue weighted by molar-refractivity contribution is -0.360. The number of aliphatic imine (C=N–C) groups is 1. The molecule has 0 spiro atoms. The summed E-state index contributed by atoms with van der Waals surface area (Å²) in [7, 11) is 0. The first-order valence-electron chi connectivity index (χ1n) is 13.3. The molecule has 4 aromatic rings. The third-order valence-electron chi connectivity index (χ3n) is 6.61. The number of thioether (sulfide) groups is 1. The van der Waals surface area contributed by atoms with Crippen LogP contribution in [0.5, 0.6) is 5.75 Å². The maximum atomic E-state index is 13.1. The van der Waals surface area contributed by atoms with E-state index in [0.29, 0.717) is 22.8 Å². The zero-order valence-corrected chi connectivity index (χ0v) is 26.3. The summed E-state index contributed by atoms with van der Waals surface area (Å²) in [5, 5.41) is 4.60. The first-order valence-corrected chi connectivity index (χ1v) is 15.1. The number of aromatic nitrogens is 3. The van der Waals surface area contributed by atoms with Crippen LogP contribution in [0.1, 0.15) is 24.1 Å². The van der Waals surface area contributed by atoms with Crippen LogP contribution in [0, 0.1) is 6.92 Å². The van der Waals surface area contributed by atoms with Gasteiger partial charge in [-0.1, -0.05) is 58.0 Å². The van der Waals surface area contributed by atoms with Gasteiger partial charge in [-0.2, -0.15) is 26.9 Å². The fourth-order valence-corrected chi connectivity index (χ4v) is 5.39. The van der Waals surface area contributed by atoms with Gasteiger partial charge in [0, 0.05) is 16.1 Å². The smallest absolute Gasteiger partial charge is 0.426 e. The Hall–Kier alpha value is -4.35. The SMILES string of the molecule is Cc1ccc(Br)cc1N1C(=O)CS/C1=N\C(=O)NNC(C)c1ccc(-c2ncn(-c3ccc(OC(F)(F)C(F)(F)F)cc3)n2)cc1. The maximum Gasteiger partial charge on any atom is 0.499 e. The quantitative estimate of drug-likeness (QED) is 0.149. The molecule has 10 nitrogen and oxygen atoms in total. The highest BCUT2D eigenvalue weighted by molar-refractivity contribution is 9.10. The molecule has 1 atom stereocenters. The van der Waals surface area contributed by atoms with E-state index in [1.807, 2.05) is 26.0 Å². The lowest BCUT2D eigenvalue weighted by Crippen LogP contribution is -2.41. The molecule has 5 rings (SSSR count). The molecule has 3 aromatic carbocycles. The van der Waals surface area contributed by atoms with E-state index >= 15 is 0 Å². The molecule has 0 aliphatic carbocycles. The number of ether oxygens (including phenoxy) is 1. The van der Waals surface area contributed by atoms with Gasteiger partial charge in [0.2, 0.25) is 5.91 Å². The number of halogens is 6. The van der Waals surface area contributed by atoms with Crippen molar-refractivity contribution in [2.75, 3.05) is 10.7 Å². The zero-order valence-electron chi connectivity index (χ0n) is 23.8. The molecule has 1 saturated heterocycles. The number of hydrogen-bond donors (Lipinski definition) is 2. The Morgan fingerprint density at radius 1 is 1.07 bits per heavy atom. The Labute approximate surface area is 271 Å². The molecule has 0 bridgehead atoms. The minimum absolute atomic E-state index is 0.162. The third kappa shape index (κ3) is 7.37. The summed E-state index contributed by atoms with van der Waals surface area (Å²) in [5.41, 5.74) is 8.71. The van der Waals surface area contributed by atoms with Crippen LogP contribution in [0.4, 0.5) is 32.4 Å². The number of rotatable bonds is 8. The van der Waals surface area contributed by atoms with Gasteiger partial charge < -0.3 is 4.74 Å². The first kappa shape index (κ1) is 33.0. The van der Waals surface area contributed by atoms with Crippen molar-refractivity contribution in [3.05, 3.63) is 88.7 Å². The number of benzene rings is 3. The summed E-state index contributed by atoms with van der Waals surface area (Å²) in [6, 6.07) is 16.1. The normalized spacial score (nSPS) is 15.3. The monoisotopic (exact) mass is 723 g/mol. The summed E-state index contributed by atoms with van der Waals surface area (Å²) >= 11 is 4.58. The number of amides is 3. The molecule has 0 radical (unpaired) electrons. The molecule has 240 valence electrons. The van der Waals surface area contributed by atoms with Gasteiger partial charge in [-0.3, -0.25) is 15.1 Å². The van der Waals surface area contributed by atoms with Crippen molar-refractivity contribution in [3.8, 4) is 22.8 Å². The van der Waals surface area contributed by atoms with Crippen LogP contribution in [0.2, 0.25) is 0 Å². The van der Waals surface area contributed by atoms with Gasteiger partial charge >= 0.3 is 18.3 Å². The molecule has 1 aliphatic heterocycles. The number of hydrogen-bond acceptors (Lipinski definition) is 7. The number of urea groups is 1. The lowest BCUT2D eigenvalue weighted by Gasteiger charge is -2.20. The molecule has 0 saturated carbocycles. The van der Waals surface area contributed by atoms with Gasteiger partial charge in [-0.15, -0.1) is 5.10 Å². The van der Waals surface area contributed by atoms with Crippen LogP contribution in [0.15, 0.2) is 82.5 Å². The second-order valence-corrected chi connectivity index (χ2v) is 11.7. The Bertz CT molecular complexity index is 1780. The van der Waals surface area contributed by atoms with Crippen LogP contribution in [-0.4, -0.2) is 49.9 Å². The molecular weight excluding hydrogens is 701 g/mol. The minimum Gasteiger partial charge on any atom is -0.426 e. The average molecular weight is 725 g/mol. The van der Waals surface area contributed by atoms with Gasteiger partial charge in [0.25, 0.3) is 0 Å². The van der Waals surface area contributed by atoms with E-state index in [-0.39, 0.29) is 22.9 Å². The number of anilines is 1. The fourth-order valence-electron chi connectivity index (χ4n) is 4.19. The first-order chi connectivity index (χ1) is 21.7. The molecular formula is C29H23BrF5N7O3S. The van der Waals surface area contributed by atoms with E-state index in [9.17, 15) is 31.5 Å². The molecule has 1 aliphatic rings. The zero-order chi connectivity index (χ0) is 33.2. The Balaban J connectivity index is 1.19. The summed E-state index contributed by atoms with van der Waals surface area (Å²) in [5.74, 6) is -0.360. The van der Waals surface area contributed by atoms with Gasteiger partial charge in [0.05, 0.1) is 17.1 Å². The van der Waals surface area contributed by atoms with Crippen molar-refractivity contribution in [3.63, 3.8) is 0 Å². The standard InChI is InChI=1S/C29H23BrF5N7O3S/c1-16-3-8-20(30)13-23(16)42-24(43)14-46-27(42)37-26(44)39-38-17(2)18-4-6-19(7-5-18)25-36-15-41(40-25)21-9-11-22(12-10-21)45-29(34,35)28(31,32)33/h3-13,15,17,38H,14H2,1-2H3,(H,39,44)/b37-27-. The van der Waals surface area contributed by atoms with Crippen LogP contribution in [-0.2, 0) is 4.79 Å². The lowest BCUT2D eigenvalue weighted by atomic mass is 10.1. The van der Waals surface area contributed by atoms with Crippen molar-refractivity contribution < 1.29 is 36.3 Å². The molecule has 2 N–H and O–H groups in total. The van der Waals surface area contributed by atoms with Crippen LogP contribution < -0.4 is 20.5 Å². The Kier molecular flexibility index (Phi) is 9.46. The van der Waals surface area contributed by atoms with E-state index in [1.165, 1.54) is 39.8 Å². The highest BCUT2D eigenvalue weighted by Crippen LogP contribution is 2.37. The number of nitrogens with one attached hydrogen (secondary N) is 2. The second-order valence-electron chi connectivity index (χ2n) is 9.88. The molecule has 2 heterocycles. The van der Waals surface area contributed by atoms with Crippen molar-refractivity contribution in [1.82, 2.24) is 25.6 Å². The van der Waals surface area contributed by atoms with Crippen LogP contribution >= 0.6 is 27.7 Å². The van der Waals surface area contributed by atoms with E-state index in [4.69, 9.17) is 0 Å². The van der Waals surface area contributed by atoms with Crippen molar-refractivity contribution in [2.24, 2.45) is 4.99 Å². The van der Waals surface area contributed by atoms with Crippen molar-refractivity contribution >= 4 is 50.5 Å². The molecule has 17 heteroatoms. The topological polar surface area (TPSA) is 114 Å². The van der Waals surface area contributed by atoms with Crippen molar-refractivity contribution in [2.45, 2.75) is 32.2 Å². The van der Waals surface area contributed by atoms with E-state index in [0.717, 1.165) is 27.7 Å². The maximum absolute atomic E-state index is 13.1. The van der Waals surface area contributed by atoms with Gasteiger partial charge in [0.15, 0.2) is 11.0 Å². The van der Waals surface area contributed by atoms with Gasteiger partial charge in [-0.05, 0) is 61.4 Å². The highest BCUT2D eigenvalue weighted by atomic mass is 79.9. The fraction of sp³-hybridized carbons (Fsp3) is 0.207. The van der Waals surface area contributed by atoms with E-state index in [2.05, 4.69) is 46.6 Å². The highest BCUT2D eigenvalue weighted by Gasteiger charge is 2.61. The predicted octanol–water partition coefficient (Wildman–Crippen LogP) is 6.95. The number of nitrogens with zero attached hydrogens (tertiary/aromatic N) is 5.